The van der Waals surface area contributed by atoms with Gasteiger partial charge in [-0.3, -0.25) is 4.79 Å². The van der Waals surface area contributed by atoms with E-state index >= 15 is 0 Å². The summed E-state index contributed by atoms with van der Waals surface area (Å²) in [6, 6.07) is 12.1. The molecule has 30 heavy (non-hydrogen) atoms. The van der Waals surface area contributed by atoms with Crippen molar-refractivity contribution in [2.75, 3.05) is 37.6 Å². The van der Waals surface area contributed by atoms with Crippen LogP contribution in [0.15, 0.2) is 46.0 Å². The van der Waals surface area contributed by atoms with Crippen molar-refractivity contribution in [3.8, 4) is 0 Å². The second kappa shape index (κ2) is 8.69. The zero-order chi connectivity index (χ0) is 21.3. The first kappa shape index (κ1) is 21.3. The van der Waals surface area contributed by atoms with Crippen molar-refractivity contribution in [1.29, 1.82) is 0 Å². The molecule has 2 aliphatic rings. The number of thiophene rings is 1. The first-order valence-electron chi connectivity index (χ1n) is 10.5. The van der Waals surface area contributed by atoms with Gasteiger partial charge in [0.25, 0.3) is 10.0 Å². The number of piperazine rings is 1. The van der Waals surface area contributed by atoms with Gasteiger partial charge in [0.05, 0.1) is 5.92 Å². The van der Waals surface area contributed by atoms with Crippen LogP contribution >= 0.6 is 11.3 Å². The van der Waals surface area contributed by atoms with Crippen LogP contribution in [0, 0.1) is 12.8 Å². The van der Waals surface area contributed by atoms with E-state index in [-0.39, 0.29) is 24.4 Å². The molecular formula is C22H29N3O3S2. The lowest BCUT2D eigenvalue weighted by Gasteiger charge is -2.43. The molecule has 6 nitrogen and oxygen atoms in total. The molecule has 0 bridgehead atoms. The van der Waals surface area contributed by atoms with Crippen LogP contribution in [0.2, 0.25) is 0 Å². The maximum absolute atomic E-state index is 13.2. The van der Waals surface area contributed by atoms with Crippen molar-refractivity contribution in [2.24, 2.45) is 5.92 Å². The number of anilines is 1. The van der Waals surface area contributed by atoms with Gasteiger partial charge in [0.2, 0.25) is 5.91 Å². The summed E-state index contributed by atoms with van der Waals surface area (Å²) in [5.74, 6) is -0.164. The van der Waals surface area contributed by atoms with E-state index in [0.29, 0.717) is 23.8 Å². The van der Waals surface area contributed by atoms with Crippen LogP contribution in [0.3, 0.4) is 0 Å². The number of rotatable bonds is 4. The van der Waals surface area contributed by atoms with Crippen LogP contribution in [0.25, 0.3) is 0 Å². The van der Waals surface area contributed by atoms with Crippen molar-refractivity contribution in [1.82, 2.24) is 9.21 Å². The van der Waals surface area contributed by atoms with Crippen molar-refractivity contribution >= 4 is 33.0 Å². The number of hydrogen-bond donors (Lipinski definition) is 0. The molecule has 0 unspecified atom stereocenters. The molecule has 8 heteroatoms. The lowest BCUT2D eigenvalue weighted by Crippen LogP contribution is -2.56. The highest BCUT2D eigenvalue weighted by Gasteiger charge is 2.37. The number of aryl methyl sites for hydroxylation is 1. The lowest BCUT2D eigenvalue weighted by atomic mass is 9.97. The largest absolute Gasteiger partial charge is 0.365 e. The minimum Gasteiger partial charge on any atom is -0.365 e. The second-order valence-corrected chi connectivity index (χ2v) is 11.4. The van der Waals surface area contributed by atoms with Gasteiger partial charge in [-0.15, -0.1) is 11.3 Å². The second-order valence-electron chi connectivity index (χ2n) is 8.30. The van der Waals surface area contributed by atoms with Crippen LogP contribution < -0.4 is 4.90 Å². The fourth-order valence-electron chi connectivity index (χ4n) is 4.51. The van der Waals surface area contributed by atoms with E-state index in [1.54, 1.807) is 17.5 Å². The van der Waals surface area contributed by atoms with E-state index < -0.39 is 10.0 Å². The van der Waals surface area contributed by atoms with Crippen molar-refractivity contribution in [3.63, 3.8) is 0 Å². The third-order valence-corrected chi connectivity index (χ3v) is 9.33. The normalized spacial score (nSPS) is 23.5. The van der Waals surface area contributed by atoms with Gasteiger partial charge in [0.1, 0.15) is 4.21 Å². The number of amides is 1. The Hall–Kier alpha value is -1.90. The van der Waals surface area contributed by atoms with Crippen molar-refractivity contribution in [2.45, 2.75) is 36.9 Å². The van der Waals surface area contributed by atoms with Crippen LogP contribution in [-0.2, 0) is 14.8 Å². The van der Waals surface area contributed by atoms with Gasteiger partial charge in [-0.05, 0) is 55.8 Å². The quantitative estimate of drug-likeness (QED) is 0.722. The average Bonchev–Trinajstić information content (AvgIpc) is 3.29. The molecule has 2 aromatic rings. The monoisotopic (exact) mass is 447 g/mol. The van der Waals surface area contributed by atoms with E-state index in [1.165, 1.54) is 26.9 Å². The molecule has 2 fully saturated rings. The zero-order valence-corrected chi connectivity index (χ0v) is 19.2. The molecule has 2 atom stereocenters. The minimum atomic E-state index is -3.50. The highest BCUT2D eigenvalue weighted by molar-refractivity contribution is 7.91. The Kier molecular flexibility index (Phi) is 6.18. The zero-order valence-electron chi connectivity index (χ0n) is 17.5. The maximum atomic E-state index is 13.2. The molecule has 1 aromatic carbocycles. The number of hydrogen-bond acceptors (Lipinski definition) is 5. The van der Waals surface area contributed by atoms with Gasteiger partial charge >= 0.3 is 0 Å². The number of carbonyl (C=O) groups is 1. The highest BCUT2D eigenvalue weighted by Crippen LogP contribution is 2.28. The van der Waals surface area contributed by atoms with Crippen molar-refractivity contribution in [3.05, 3.63) is 47.3 Å². The molecular weight excluding hydrogens is 418 g/mol. The van der Waals surface area contributed by atoms with Crippen molar-refractivity contribution < 1.29 is 13.2 Å². The van der Waals surface area contributed by atoms with E-state index in [2.05, 4.69) is 43.0 Å². The molecule has 0 spiro atoms. The topological polar surface area (TPSA) is 60.9 Å². The molecule has 0 saturated carbocycles. The van der Waals surface area contributed by atoms with Gasteiger partial charge in [-0.25, -0.2) is 8.42 Å². The third kappa shape index (κ3) is 4.26. The SMILES string of the molecule is Cc1cccc(N2CCN(C(=O)[C@@H]3CCCN(S(=O)(=O)c4cccs4)C3)C[C@H]2C)c1. The summed E-state index contributed by atoms with van der Waals surface area (Å²) in [7, 11) is -3.50. The summed E-state index contributed by atoms with van der Waals surface area (Å²) in [5, 5.41) is 1.77. The number of benzene rings is 1. The Morgan fingerprint density at radius 3 is 2.63 bits per heavy atom. The standard InChI is InChI=1S/C22H29N3O3S2/c1-17-6-3-8-20(14-17)25-12-11-23(15-18(25)2)22(26)19-7-4-10-24(16-19)30(27,28)21-9-5-13-29-21/h3,5-6,8-9,13-14,18-19H,4,7,10-12,15-16H2,1-2H3/t18-,19-/m1/s1. The fourth-order valence-corrected chi connectivity index (χ4v) is 7.17. The molecule has 162 valence electrons. The third-order valence-electron chi connectivity index (χ3n) is 6.10. The lowest BCUT2D eigenvalue weighted by molar-refractivity contribution is -0.137. The smallest absolute Gasteiger partial charge is 0.252 e. The summed E-state index contributed by atoms with van der Waals surface area (Å²) in [4.78, 5) is 17.5. The number of sulfonamides is 1. The minimum absolute atomic E-state index is 0.0943. The molecule has 0 aliphatic carbocycles. The number of carbonyl (C=O) groups excluding carboxylic acids is 1. The Balaban J connectivity index is 1.41. The molecule has 1 amide bonds. The number of nitrogens with zero attached hydrogens (tertiary/aromatic N) is 3. The molecule has 4 rings (SSSR count). The van der Waals surface area contributed by atoms with Gasteiger partial charge in [-0.1, -0.05) is 18.2 Å². The Bertz CT molecular complexity index is 991. The van der Waals surface area contributed by atoms with E-state index in [0.717, 1.165) is 19.4 Å². The van der Waals surface area contributed by atoms with Crippen LogP contribution in [-0.4, -0.2) is 62.3 Å². The van der Waals surface area contributed by atoms with Gasteiger partial charge in [0, 0.05) is 44.5 Å². The predicted molar refractivity (Wildman–Crippen MR) is 120 cm³/mol. The van der Waals surface area contributed by atoms with Crippen LogP contribution in [0.4, 0.5) is 5.69 Å². The summed E-state index contributed by atoms with van der Waals surface area (Å²) >= 11 is 1.23. The van der Waals surface area contributed by atoms with E-state index in [4.69, 9.17) is 0 Å². The summed E-state index contributed by atoms with van der Waals surface area (Å²) in [6.07, 6.45) is 1.47. The van der Waals surface area contributed by atoms with Crippen LogP contribution in [0.1, 0.15) is 25.3 Å². The first-order chi connectivity index (χ1) is 14.4. The average molecular weight is 448 g/mol. The molecule has 2 aliphatic heterocycles. The molecule has 0 radical (unpaired) electrons. The van der Waals surface area contributed by atoms with Gasteiger partial charge < -0.3 is 9.80 Å². The predicted octanol–water partition coefficient (Wildman–Crippen LogP) is 3.19. The first-order valence-corrected chi connectivity index (χ1v) is 12.8. The molecule has 1 aromatic heterocycles. The molecule has 2 saturated heterocycles. The van der Waals surface area contributed by atoms with E-state index in [1.807, 2.05) is 4.90 Å². The number of piperidine rings is 1. The Labute approximate surface area is 183 Å². The summed E-state index contributed by atoms with van der Waals surface area (Å²) in [5.41, 5.74) is 2.42. The highest BCUT2D eigenvalue weighted by atomic mass is 32.2. The summed E-state index contributed by atoms with van der Waals surface area (Å²) in [6.45, 7) is 7.14. The van der Waals surface area contributed by atoms with E-state index in [9.17, 15) is 13.2 Å². The van der Waals surface area contributed by atoms with Crippen LogP contribution in [0.5, 0.6) is 0 Å². The molecule has 3 heterocycles. The maximum Gasteiger partial charge on any atom is 0.252 e. The van der Waals surface area contributed by atoms with Gasteiger partial charge in [0.15, 0.2) is 0 Å². The Morgan fingerprint density at radius 2 is 1.93 bits per heavy atom. The fraction of sp³-hybridized carbons (Fsp3) is 0.500. The Morgan fingerprint density at radius 1 is 1.10 bits per heavy atom. The summed E-state index contributed by atoms with van der Waals surface area (Å²) < 4.78 is 27.6. The molecule has 0 N–H and O–H groups in total. The van der Waals surface area contributed by atoms with Gasteiger partial charge in [-0.2, -0.15) is 4.31 Å².